The summed E-state index contributed by atoms with van der Waals surface area (Å²) in [5.74, 6) is 1.46. The van der Waals surface area contributed by atoms with Gasteiger partial charge in [-0.15, -0.1) is 0 Å². The van der Waals surface area contributed by atoms with Crippen LogP contribution in [0.2, 0.25) is 0 Å². The van der Waals surface area contributed by atoms with Gasteiger partial charge in [0, 0.05) is 24.0 Å². The first kappa shape index (κ1) is 17.2. The van der Waals surface area contributed by atoms with Crippen LogP contribution in [0.25, 0.3) is 0 Å². The van der Waals surface area contributed by atoms with Crippen molar-refractivity contribution in [2.45, 2.75) is 41.0 Å². The van der Waals surface area contributed by atoms with Crippen molar-refractivity contribution in [3.05, 3.63) is 34.7 Å². The van der Waals surface area contributed by atoms with E-state index >= 15 is 0 Å². The Hall–Kier alpha value is -1.88. The molecule has 0 radical (unpaired) electrons. The third-order valence-electron chi connectivity index (χ3n) is 3.18. The average Bonchev–Trinajstić information content (AvgIpc) is 2.42. The van der Waals surface area contributed by atoms with E-state index in [2.05, 4.69) is 47.4 Å². The summed E-state index contributed by atoms with van der Waals surface area (Å²) >= 11 is 0. The lowest BCUT2D eigenvalue weighted by atomic mass is 10.1. The molecular weight excluding hydrogens is 262 g/mol. The number of rotatable bonds is 7. The second kappa shape index (κ2) is 8.42. The summed E-state index contributed by atoms with van der Waals surface area (Å²) in [4.78, 5) is 8.82. The van der Waals surface area contributed by atoms with Crippen molar-refractivity contribution in [3.8, 4) is 0 Å². The highest BCUT2D eigenvalue weighted by atomic mass is 15.1. The number of hydrogen-bond donors (Lipinski definition) is 3. The quantitative estimate of drug-likeness (QED) is 0.531. The van der Waals surface area contributed by atoms with E-state index in [4.69, 9.17) is 5.73 Å². The highest BCUT2D eigenvalue weighted by Gasteiger charge is 2.03. The second-order valence-electron chi connectivity index (χ2n) is 5.43. The fraction of sp³-hybridized carbons (Fsp3) is 0.500. The van der Waals surface area contributed by atoms with Crippen LogP contribution in [0.3, 0.4) is 0 Å². The number of nitrogens with two attached hydrogens (primary N) is 1. The topological polar surface area (TPSA) is 75.9 Å². The minimum absolute atomic E-state index is 0.603. The van der Waals surface area contributed by atoms with Crippen LogP contribution in [0, 0.1) is 6.92 Å². The second-order valence-corrected chi connectivity index (χ2v) is 5.43. The molecule has 0 unspecified atom stereocenters. The molecule has 0 atom stereocenters. The maximum absolute atomic E-state index is 5.50. The summed E-state index contributed by atoms with van der Waals surface area (Å²) in [6.07, 6.45) is 4.84. The van der Waals surface area contributed by atoms with Gasteiger partial charge >= 0.3 is 0 Å². The van der Waals surface area contributed by atoms with Crippen molar-refractivity contribution in [1.29, 1.82) is 0 Å². The molecule has 5 nitrogen and oxygen atoms in total. The predicted octanol–water partition coefficient (Wildman–Crippen LogP) is 3.22. The highest BCUT2D eigenvalue weighted by Crippen LogP contribution is 2.14. The van der Waals surface area contributed by atoms with E-state index in [9.17, 15) is 0 Å². The molecule has 0 aliphatic heterocycles. The Kier molecular flexibility index (Phi) is 6.88. The number of aromatic nitrogens is 2. The molecule has 5 heteroatoms. The molecule has 0 bridgehead atoms. The molecule has 1 heterocycles. The Morgan fingerprint density at radius 2 is 2.00 bits per heavy atom. The van der Waals surface area contributed by atoms with Crippen molar-refractivity contribution in [3.63, 3.8) is 0 Å². The van der Waals surface area contributed by atoms with Crippen molar-refractivity contribution in [2.75, 3.05) is 23.7 Å². The van der Waals surface area contributed by atoms with Crippen LogP contribution in [-0.4, -0.2) is 23.1 Å². The first-order valence-electron chi connectivity index (χ1n) is 7.31. The first-order chi connectivity index (χ1) is 9.93. The van der Waals surface area contributed by atoms with Crippen LogP contribution in [0.1, 0.15) is 39.7 Å². The third-order valence-corrected chi connectivity index (χ3v) is 3.18. The molecule has 21 heavy (non-hydrogen) atoms. The van der Waals surface area contributed by atoms with Gasteiger partial charge in [0.25, 0.3) is 0 Å². The maximum Gasteiger partial charge on any atom is 0.228 e. The summed E-state index contributed by atoms with van der Waals surface area (Å²) in [5.41, 5.74) is 10.1. The lowest BCUT2D eigenvalue weighted by Gasteiger charge is -2.11. The Balaban J connectivity index is 2.80. The Morgan fingerprint density at radius 1 is 1.29 bits per heavy atom. The molecule has 0 aromatic carbocycles. The van der Waals surface area contributed by atoms with Crippen molar-refractivity contribution in [2.24, 2.45) is 5.73 Å². The summed E-state index contributed by atoms with van der Waals surface area (Å²) in [6.45, 7) is 11.8. The van der Waals surface area contributed by atoms with Gasteiger partial charge in [0.2, 0.25) is 5.95 Å². The van der Waals surface area contributed by atoms with Gasteiger partial charge in [-0.2, -0.15) is 4.98 Å². The molecular formula is C16H27N5. The van der Waals surface area contributed by atoms with E-state index in [-0.39, 0.29) is 0 Å². The molecule has 0 aliphatic carbocycles. The van der Waals surface area contributed by atoms with Gasteiger partial charge in [-0.25, -0.2) is 4.98 Å². The zero-order valence-electron chi connectivity index (χ0n) is 13.7. The summed E-state index contributed by atoms with van der Waals surface area (Å²) < 4.78 is 0. The van der Waals surface area contributed by atoms with Gasteiger partial charge in [0.15, 0.2) is 0 Å². The number of nitrogens with one attached hydrogen (secondary N) is 2. The van der Waals surface area contributed by atoms with Crippen LogP contribution >= 0.6 is 0 Å². The molecule has 0 aliphatic rings. The molecule has 0 saturated heterocycles. The predicted molar refractivity (Wildman–Crippen MR) is 90.4 cm³/mol. The van der Waals surface area contributed by atoms with E-state index in [1.165, 1.54) is 11.1 Å². The Bertz CT molecular complexity index is 527. The Morgan fingerprint density at radius 3 is 2.62 bits per heavy atom. The van der Waals surface area contributed by atoms with Crippen molar-refractivity contribution >= 4 is 11.8 Å². The maximum atomic E-state index is 5.50. The number of allylic oxidation sites excluding steroid dienone is 4. The molecule has 4 N–H and O–H groups in total. The molecule has 0 fully saturated rings. The van der Waals surface area contributed by atoms with Gasteiger partial charge < -0.3 is 16.4 Å². The first-order valence-corrected chi connectivity index (χ1v) is 7.31. The minimum atomic E-state index is 0.603. The lowest BCUT2D eigenvalue weighted by molar-refractivity contribution is 0.867. The Labute approximate surface area is 127 Å². The van der Waals surface area contributed by atoms with Crippen LogP contribution in [0.5, 0.6) is 0 Å². The van der Waals surface area contributed by atoms with Gasteiger partial charge in [0.1, 0.15) is 5.82 Å². The van der Waals surface area contributed by atoms with Gasteiger partial charge in [-0.1, -0.05) is 11.1 Å². The molecule has 1 rings (SSSR count). The van der Waals surface area contributed by atoms with Gasteiger partial charge in [0.05, 0.1) is 0 Å². The van der Waals surface area contributed by atoms with Gasteiger partial charge in [-0.05, 0) is 53.7 Å². The molecule has 1 aromatic heterocycles. The zero-order chi connectivity index (χ0) is 15.8. The number of aryl methyl sites for hydroxylation is 1. The van der Waals surface area contributed by atoms with Crippen molar-refractivity contribution in [1.82, 2.24) is 9.97 Å². The van der Waals surface area contributed by atoms with E-state index in [1.54, 1.807) is 0 Å². The SMILES string of the molecule is CC(C)=C(C)/C=C(\C)Nc1ncc(C)c(NCCCN)n1. The third kappa shape index (κ3) is 5.95. The van der Waals surface area contributed by atoms with E-state index in [0.717, 1.165) is 30.0 Å². The largest absolute Gasteiger partial charge is 0.370 e. The summed E-state index contributed by atoms with van der Waals surface area (Å²) in [6, 6.07) is 0. The van der Waals surface area contributed by atoms with Crippen LogP contribution < -0.4 is 16.4 Å². The van der Waals surface area contributed by atoms with Crippen LogP contribution in [0.15, 0.2) is 29.1 Å². The number of anilines is 2. The number of hydrogen-bond acceptors (Lipinski definition) is 5. The molecule has 116 valence electrons. The monoisotopic (exact) mass is 289 g/mol. The summed E-state index contributed by atoms with van der Waals surface area (Å²) in [7, 11) is 0. The normalized spacial score (nSPS) is 11.2. The highest BCUT2D eigenvalue weighted by molar-refractivity contribution is 5.48. The minimum Gasteiger partial charge on any atom is -0.370 e. The lowest BCUT2D eigenvalue weighted by Crippen LogP contribution is -2.11. The van der Waals surface area contributed by atoms with E-state index in [0.29, 0.717) is 12.5 Å². The smallest absolute Gasteiger partial charge is 0.228 e. The van der Waals surface area contributed by atoms with Crippen LogP contribution in [0.4, 0.5) is 11.8 Å². The van der Waals surface area contributed by atoms with Crippen molar-refractivity contribution < 1.29 is 0 Å². The fourth-order valence-electron chi connectivity index (χ4n) is 1.67. The summed E-state index contributed by atoms with van der Waals surface area (Å²) in [5, 5.41) is 6.51. The molecule has 1 aromatic rings. The number of nitrogens with zero attached hydrogens (tertiary/aromatic N) is 2. The molecule has 0 saturated carbocycles. The van der Waals surface area contributed by atoms with E-state index in [1.807, 2.05) is 20.0 Å². The fourth-order valence-corrected chi connectivity index (χ4v) is 1.67. The van der Waals surface area contributed by atoms with Crippen LogP contribution in [-0.2, 0) is 0 Å². The standard InChI is InChI=1S/C16H27N5/c1-11(2)12(3)9-14(5)20-16-19-10-13(4)15(21-16)18-8-6-7-17/h9-10H,6-8,17H2,1-5H3,(H2,18,19,20,21)/b14-9+. The molecule has 0 spiro atoms. The average molecular weight is 289 g/mol. The van der Waals surface area contributed by atoms with E-state index < -0.39 is 0 Å². The molecule has 0 amide bonds. The van der Waals surface area contributed by atoms with Gasteiger partial charge in [-0.3, -0.25) is 0 Å². The zero-order valence-corrected chi connectivity index (χ0v) is 13.7.